The summed E-state index contributed by atoms with van der Waals surface area (Å²) in [5, 5.41) is 13.4. The lowest BCUT2D eigenvalue weighted by atomic mass is 9.99. The van der Waals surface area contributed by atoms with Crippen molar-refractivity contribution < 1.29 is 14.4 Å². The van der Waals surface area contributed by atoms with Gasteiger partial charge < -0.3 is 14.5 Å². The third-order valence-corrected chi connectivity index (χ3v) is 3.59. The van der Waals surface area contributed by atoms with Gasteiger partial charge in [-0.15, -0.1) is 0 Å². The Balaban J connectivity index is 2.00. The first-order valence-electron chi connectivity index (χ1n) is 6.37. The number of rotatable bonds is 3. The third-order valence-electron chi connectivity index (χ3n) is 3.59. The Bertz CT molecular complexity index is 422. The van der Waals surface area contributed by atoms with Gasteiger partial charge in [0.25, 0.3) is 0 Å². The van der Waals surface area contributed by atoms with Gasteiger partial charge in [0.1, 0.15) is 5.76 Å². The van der Waals surface area contributed by atoms with Crippen molar-refractivity contribution in [3.05, 3.63) is 17.0 Å². The molecule has 1 aliphatic heterocycles. The molecule has 5 heteroatoms. The molecule has 1 aromatic heterocycles. The van der Waals surface area contributed by atoms with Crippen molar-refractivity contribution in [1.82, 2.24) is 10.1 Å². The Morgan fingerprint density at radius 1 is 1.61 bits per heavy atom. The number of β-amino-alcohol motifs (C(OH)–C–C–N with tert-alkyl or cyclic N) is 1. The van der Waals surface area contributed by atoms with Gasteiger partial charge in [-0.05, 0) is 26.7 Å². The molecular formula is C13H20N2O3. The summed E-state index contributed by atoms with van der Waals surface area (Å²) in [7, 11) is 0. The van der Waals surface area contributed by atoms with Gasteiger partial charge >= 0.3 is 0 Å². The van der Waals surface area contributed by atoms with E-state index in [1.165, 1.54) is 0 Å². The third kappa shape index (κ3) is 2.56. The average Bonchev–Trinajstić information content (AvgIpc) is 2.89. The summed E-state index contributed by atoms with van der Waals surface area (Å²) >= 11 is 0. The zero-order chi connectivity index (χ0) is 13.3. The average molecular weight is 252 g/mol. The van der Waals surface area contributed by atoms with Crippen LogP contribution in [0.2, 0.25) is 0 Å². The van der Waals surface area contributed by atoms with Gasteiger partial charge in [0.2, 0.25) is 5.91 Å². The maximum Gasteiger partial charge on any atom is 0.225 e. The van der Waals surface area contributed by atoms with Crippen molar-refractivity contribution >= 4 is 5.91 Å². The van der Waals surface area contributed by atoms with E-state index in [0.717, 1.165) is 17.0 Å². The monoisotopic (exact) mass is 252 g/mol. The van der Waals surface area contributed by atoms with Crippen LogP contribution in [0.1, 0.15) is 30.4 Å². The molecule has 0 aromatic carbocycles. The molecule has 1 N–H and O–H groups in total. The molecule has 1 aromatic rings. The zero-order valence-corrected chi connectivity index (χ0v) is 11.1. The first-order valence-corrected chi connectivity index (χ1v) is 6.37. The van der Waals surface area contributed by atoms with Crippen LogP contribution in [-0.4, -0.2) is 40.3 Å². The molecule has 1 amide bonds. The second-order valence-electron chi connectivity index (χ2n) is 5.13. The van der Waals surface area contributed by atoms with Gasteiger partial charge in [0, 0.05) is 24.6 Å². The number of aromatic nitrogens is 1. The Morgan fingerprint density at radius 3 is 2.83 bits per heavy atom. The van der Waals surface area contributed by atoms with E-state index in [0.29, 0.717) is 25.9 Å². The second kappa shape index (κ2) is 5.10. The van der Waals surface area contributed by atoms with E-state index in [9.17, 15) is 9.90 Å². The number of nitrogens with zero attached hydrogens (tertiary/aromatic N) is 2. The molecule has 2 rings (SSSR count). The summed E-state index contributed by atoms with van der Waals surface area (Å²) in [5.74, 6) is 0.784. The number of hydrogen-bond donors (Lipinski definition) is 1. The van der Waals surface area contributed by atoms with Crippen LogP contribution >= 0.6 is 0 Å². The fourth-order valence-electron chi connectivity index (χ4n) is 2.44. The second-order valence-corrected chi connectivity index (χ2v) is 5.13. The molecule has 18 heavy (non-hydrogen) atoms. The van der Waals surface area contributed by atoms with Crippen LogP contribution in [-0.2, 0) is 11.2 Å². The number of carbonyl (C=O) groups excluding carboxylic acids is 1. The van der Waals surface area contributed by atoms with E-state index in [1.54, 1.807) is 4.90 Å². The molecule has 2 atom stereocenters. The van der Waals surface area contributed by atoms with Crippen LogP contribution in [0.5, 0.6) is 0 Å². The molecule has 100 valence electrons. The molecule has 0 radical (unpaired) electrons. The predicted molar refractivity (Wildman–Crippen MR) is 66.0 cm³/mol. The minimum atomic E-state index is -0.361. The summed E-state index contributed by atoms with van der Waals surface area (Å²) in [6.07, 6.45) is 0.969. The van der Waals surface area contributed by atoms with Crippen molar-refractivity contribution in [1.29, 1.82) is 0 Å². The summed E-state index contributed by atoms with van der Waals surface area (Å²) in [6.45, 7) is 6.80. The minimum Gasteiger partial charge on any atom is -0.391 e. The Hall–Kier alpha value is -1.36. The molecule has 2 heterocycles. The van der Waals surface area contributed by atoms with Crippen LogP contribution in [0.4, 0.5) is 0 Å². The first kappa shape index (κ1) is 13.1. The minimum absolute atomic E-state index is 0.103. The number of amides is 1. The number of aliphatic hydroxyl groups excluding tert-OH is 1. The fourth-order valence-corrected chi connectivity index (χ4v) is 2.44. The van der Waals surface area contributed by atoms with Gasteiger partial charge in [0.05, 0.1) is 11.8 Å². The highest BCUT2D eigenvalue weighted by Crippen LogP contribution is 2.20. The highest BCUT2D eigenvalue weighted by molar-refractivity contribution is 5.79. The van der Waals surface area contributed by atoms with Gasteiger partial charge in [-0.2, -0.15) is 0 Å². The van der Waals surface area contributed by atoms with Crippen molar-refractivity contribution in [3.63, 3.8) is 0 Å². The summed E-state index contributed by atoms with van der Waals surface area (Å²) in [6, 6.07) is 0. The normalized spacial score (nSPS) is 21.3. The molecule has 5 nitrogen and oxygen atoms in total. The zero-order valence-electron chi connectivity index (χ0n) is 11.1. The number of aryl methyl sites for hydroxylation is 2. The number of likely N-dealkylation sites (tertiary alicyclic amines) is 1. The highest BCUT2D eigenvalue weighted by atomic mass is 16.5. The number of carbonyl (C=O) groups is 1. The van der Waals surface area contributed by atoms with Gasteiger partial charge in [-0.25, -0.2) is 0 Å². The topological polar surface area (TPSA) is 66.6 Å². The van der Waals surface area contributed by atoms with Crippen LogP contribution in [0.25, 0.3) is 0 Å². The smallest absolute Gasteiger partial charge is 0.225 e. The van der Waals surface area contributed by atoms with Gasteiger partial charge in [-0.1, -0.05) is 12.1 Å². The molecule has 0 aliphatic carbocycles. The number of hydrogen-bond acceptors (Lipinski definition) is 4. The van der Waals surface area contributed by atoms with Crippen LogP contribution < -0.4 is 0 Å². The maximum absolute atomic E-state index is 12.2. The SMILES string of the molecule is Cc1noc(C)c1CC(C)C(=O)N1CC[C@@H](O)C1. The van der Waals surface area contributed by atoms with E-state index in [2.05, 4.69) is 5.16 Å². The fraction of sp³-hybridized carbons (Fsp3) is 0.692. The van der Waals surface area contributed by atoms with E-state index in [-0.39, 0.29) is 17.9 Å². The molecule has 1 saturated heterocycles. The maximum atomic E-state index is 12.2. The molecular weight excluding hydrogens is 232 g/mol. The van der Waals surface area contributed by atoms with E-state index >= 15 is 0 Å². The molecule has 0 spiro atoms. The van der Waals surface area contributed by atoms with Crippen molar-refractivity contribution in [2.45, 2.75) is 39.7 Å². The summed E-state index contributed by atoms with van der Waals surface area (Å²) in [5.41, 5.74) is 1.88. The van der Waals surface area contributed by atoms with Crippen molar-refractivity contribution in [2.75, 3.05) is 13.1 Å². The van der Waals surface area contributed by atoms with Crippen molar-refractivity contribution in [3.8, 4) is 0 Å². The Labute approximate surface area is 107 Å². The molecule has 1 aliphatic rings. The largest absolute Gasteiger partial charge is 0.391 e. The molecule has 1 fully saturated rings. The lowest BCUT2D eigenvalue weighted by molar-refractivity contribution is -0.134. The van der Waals surface area contributed by atoms with Crippen LogP contribution in [0.3, 0.4) is 0 Å². The Morgan fingerprint density at radius 2 is 2.33 bits per heavy atom. The molecule has 0 bridgehead atoms. The predicted octanol–water partition coefficient (Wildman–Crippen LogP) is 1.06. The van der Waals surface area contributed by atoms with Crippen LogP contribution in [0.15, 0.2) is 4.52 Å². The van der Waals surface area contributed by atoms with Crippen molar-refractivity contribution in [2.24, 2.45) is 5.92 Å². The molecule has 1 unspecified atom stereocenters. The Kier molecular flexibility index (Phi) is 3.71. The van der Waals surface area contributed by atoms with E-state index in [4.69, 9.17) is 4.52 Å². The quantitative estimate of drug-likeness (QED) is 0.873. The first-order chi connectivity index (χ1) is 8.49. The van der Waals surface area contributed by atoms with E-state index in [1.807, 2.05) is 20.8 Å². The highest BCUT2D eigenvalue weighted by Gasteiger charge is 2.28. The lowest BCUT2D eigenvalue weighted by Gasteiger charge is -2.20. The summed E-state index contributed by atoms with van der Waals surface area (Å²) in [4.78, 5) is 13.9. The van der Waals surface area contributed by atoms with E-state index < -0.39 is 0 Å². The number of aliphatic hydroxyl groups is 1. The summed E-state index contributed by atoms with van der Waals surface area (Å²) < 4.78 is 5.10. The van der Waals surface area contributed by atoms with Gasteiger partial charge in [-0.3, -0.25) is 4.79 Å². The lowest BCUT2D eigenvalue weighted by Crippen LogP contribution is -2.34. The van der Waals surface area contributed by atoms with Gasteiger partial charge in [0.15, 0.2) is 0 Å². The van der Waals surface area contributed by atoms with Crippen LogP contribution in [0, 0.1) is 19.8 Å². The molecule has 0 saturated carbocycles. The standard InChI is InChI=1S/C13H20N2O3/c1-8(6-12-9(2)14-18-10(12)3)13(17)15-5-4-11(16)7-15/h8,11,16H,4-7H2,1-3H3/t8?,11-/m1/s1.